The number of hydrogen-bond donors (Lipinski definition) is 4. The average Bonchev–Trinajstić information content (AvgIpc) is 3.53. The van der Waals surface area contributed by atoms with Crippen molar-refractivity contribution in [1.82, 2.24) is 25.2 Å². The Balaban J connectivity index is 0.000000177. The number of carbonyl (C=O) groups excluding carboxylic acids is 3. The number of carboxylic acids is 2. The molecule has 5 N–H and O–H groups in total. The van der Waals surface area contributed by atoms with Gasteiger partial charge in [-0.15, -0.1) is 16.9 Å². The fourth-order valence-electron chi connectivity index (χ4n) is 6.19. The van der Waals surface area contributed by atoms with Gasteiger partial charge in [-0.25, -0.2) is 13.2 Å². The second kappa shape index (κ2) is 11.4. The molecule has 0 radical (unpaired) electrons. The van der Waals surface area contributed by atoms with Gasteiger partial charge in [0.1, 0.15) is 33.7 Å². The van der Waals surface area contributed by atoms with E-state index in [9.17, 15) is 42.6 Å². The maximum absolute atomic E-state index is 12.6. The van der Waals surface area contributed by atoms with E-state index in [1.165, 1.54) is 40.7 Å². The van der Waals surface area contributed by atoms with E-state index in [2.05, 4.69) is 15.6 Å². The largest absolute Gasteiger partial charge is 0.481 e. The van der Waals surface area contributed by atoms with E-state index >= 15 is 0 Å². The summed E-state index contributed by atoms with van der Waals surface area (Å²) in [5.41, 5.74) is 7.24. The highest BCUT2D eigenvalue weighted by Gasteiger charge is 2.71. The smallest absolute Gasteiger partial charge is 0.352 e. The van der Waals surface area contributed by atoms with E-state index in [0.29, 0.717) is 16.9 Å². The summed E-state index contributed by atoms with van der Waals surface area (Å²) in [6.45, 7) is 2.96. The zero-order valence-corrected chi connectivity index (χ0v) is 25.2. The number of nitrogens with zero attached hydrogens (tertiary/aromatic N) is 4. The van der Waals surface area contributed by atoms with E-state index in [4.69, 9.17) is 5.73 Å². The van der Waals surface area contributed by atoms with Crippen molar-refractivity contribution in [1.29, 1.82) is 0 Å². The third-order valence-corrected chi connectivity index (χ3v) is 12.9. The van der Waals surface area contributed by atoms with Gasteiger partial charge in [0, 0.05) is 24.3 Å². The third kappa shape index (κ3) is 4.97. The molecule has 1 aromatic heterocycles. The summed E-state index contributed by atoms with van der Waals surface area (Å²) in [5, 5.41) is 27.3. The fourth-order valence-corrected chi connectivity index (χ4v) is 10.2. The summed E-state index contributed by atoms with van der Waals surface area (Å²) < 4.78 is 24.9. The van der Waals surface area contributed by atoms with Gasteiger partial charge in [-0.05, 0) is 25.0 Å². The number of rotatable bonds is 7. The number of nitrogens with one attached hydrogen (secondary N) is 1. The number of amides is 2. The van der Waals surface area contributed by atoms with Gasteiger partial charge >= 0.3 is 11.9 Å². The van der Waals surface area contributed by atoms with Crippen LogP contribution >= 0.6 is 11.8 Å². The number of ketones is 1. The number of aliphatic carboxylic acids is 2. The minimum Gasteiger partial charge on any atom is -0.481 e. The molecule has 2 amide bonds. The molecule has 4 aliphatic rings. The molecule has 3 aliphatic heterocycles. The Hall–Kier alpha value is -4.09. The Morgan fingerprint density at radius 1 is 1.20 bits per heavy atom. The monoisotopic (exact) mass is 646 g/mol. The highest BCUT2D eigenvalue weighted by atomic mass is 32.2. The Kier molecular flexibility index (Phi) is 8.15. The van der Waals surface area contributed by atoms with Crippen LogP contribution in [0.15, 0.2) is 54.0 Å². The first-order valence-electron chi connectivity index (χ1n) is 13.5. The average molecular weight is 647 g/mol. The van der Waals surface area contributed by atoms with E-state index in [1.807, 2.05) is 6.07 Å². The minimum atomic E-state index is -3.72. The van der Waals surface area contributed by atoms with Crippen molar-refractivity contribution in [3.8, 4) is 0 Å². The summed E-state index contributed by atoms with van der Waals surface area (Å²) >= 11 is 1.43. The van der Waals surface area contributed by atoms with Crippen LogP contribution < -0.4 is 11.1 Å². The maximum atomic E-state index is 12.6. The van der Waals surface area contributed by atoms with Crippen molar-refractivity contribution >= 4 is 51.1 Å². The van der Waals surface area contributed by atoms with Crippen molar-refractivity contribution < 1.29 is 42.6 Å². The van der Waals surface area contributed by atoms with Gasteiger partial charge in [-0.1, -0.05) is 35.5 Å². The molecule has 4 heterocycles. The topological polar surface area (TPSA) is 232 Å². The second-order valence-corrected chi connectivity index (χ2v) is 15.0. The van der Waals surface area contributed by atoms with Gasteiger partial charge in [0.05, 0.1) is 23.9 Å². The van der Waals surface area contributed by atoms with Crippen LogP contribution in [0, 0.1) is 11.8 Å². The molecule has 44 heavy (non-hydrogen) atoms. The van der Waals surface area contributed by atoms with Crippen molar-refractivity contribution in [2.75, 3.05) is 5.75 Å². The fraction of sp³-hybridized carbons (Fsp3) is 0.444. The number of fused-ring (bicyclic) bond motifs is 2. The predicted octanol–water partition coefficient (Wildman–Crippen LogP) is -0.431. The van der Waals surface area contributed by atoms with Gasteiger partial charge in [-0.3, -0.25) is 28.8 Å². The van der Waals surface area contributed by atoms with Crippen molar-refractivity contribution in [3.63, 3.8) is 0 Å². The van der Waals surface area contributed by atoms with Crippen LogP contribution in [0.2, 0.25) is 0 Å². The van der Waals surface area contributed by atoms with E-state index < -0.39 is 72.9 Å². The Morgan fingerprint density at radius 2 is 1.89 bits per heavy atom. The molecule has 0 spiro atoms. The zero-order valence-electron chi connectivity index (χ0n) is 23.6. The van der Waals surface area contributed by atoms with E-state index in [-0.39, 0.29) is 24.4 Å². The first-order valence-corrected chi connectivity index (χ1v) is 16.1. The molecule has 17 heteroatoms. The van der Waals surface area contributed by atoms with Crippen LogP contribution in [0.1, 0.15) is 31.9 Å². The Labute approximate surface area is 255 Å². The summed E-state index contributed by atoms with van der Waals surface area (Å²) in [6.07, 6.45) is 2.78. The lowest BCUT2D eigenvalue weighted by Gasteiger charge is -2.49. The molecule has 2 saturated heterocycles. The first-order chi connectivity index (χ1) is 20.7. The molecular weight excluding hydrogens is 616 g/mol. The molecule has 3 unspecified atom stereocenters. The highest BCUT2D eigenvalue weighted by Crippen LogP contribution is 2.54. The normalized spacial score (nSPS) is 30.5. The third-order valence-electron chi connectivity index (χ3n) is 8.55. The van der Waals surface area contributed by atoms with Crippen LogP contribution in [0.5, 0.6) is 0 Å². The van der Waals surface area contributed by atoms with Gasteiger partial charge in [0.2, 0.25) is 5.91 Å². The number of thioether (sulfide) groups is 1. The molecule has 2 aromatic rings. The SMILES string of the molecule is CC1=C(C(=O)O)N2C(=O)[C@@H](NC(=O)C(N)c3ccccc3)[C@H]2SC1.C[C@]1(Cn2ccnn2)[C@H](C(=O)O)C2C(=O)CC2S1(=O)=O. The van der Waals surface area contributed by atoms with Gasteiger partial charge in [0.15, 0.2) is 9.84 Å². The Bertz CT molecular complexity index is 1660. The van der Waals surface area contributed by atoms with Gasteiger partial charge < -0.3 is 21.3 Å². The molecule has 3 fully saturated rings. The quantitative estimate of drug-likeness (QED) is 0.280. The van der Waals surface area contributed by atoms with Crippen LogP contribution in [0.4, 0.5) is 0 Å². The van der Waals surface area contributed by atoms with Crippen LogP contribution in [-0.4, -0.2) is 95.2 Å². The first kappa shape index (κ1) is 31.3. The lowest BCUT2D eigenvalue weighted by atomic mass is 9.70. The van der Waals surface area contributed by atoms with E-state index in [1.54, 1.807) is 31.2 Å². The number of aromatic nitrogens is 3. The van der Waals surface area contributed by atoms with E-state index in [0.717, 1.165) is 0 Å². The minimum absolute atomic E-state index is 0.0154. The molecule has 6 rings (SSSR count). The Morgan fingerprint density at radius 3 is 2.45 bits per heavy atom. The number of β-lactam (4-membered cyclic amide) rings is 1. The molecule has 7 atom stereocenters. The number of carbonyl (C=O) groups is 5. The van der Waals surface area contributed by atoms with Crippen molar-refractivity contribution in [2.45, 2.75) is 54.3 Å². The van der Waals surface area contributed by atoms with Crippen LogP contribution in [-0.2, 0) is 40.4 Å². The summed E-state index contributed by atoms with van der Waals surface area (Å²) in [7, 11) is -3.72. The molecule has 1 aliphatic carbocycles. The molecule has 1 saturated carbocycles. The van der Waals surface area contributed by atoms with Crippen LogP contribution in [0.25, 0.3) is 0 Å². The molecule has 15 nitrogen and oxygen atoms in total. The summed E-state index contributed by atoms with van der Waals surface area (Å²) in [5.74, 6) is -5.19. The number of nitrogens with two attached hydrogens (primary N) is 1. The second-order valence-electron chi connectivity index (χ2n) is 11.2. The lowest BCUT2D eigenvalue weighted by molar-refractivity contribution is -0.150. The lowest BCUT2D eigenvalue weighted by Crippen LogP contribution is -2.71. The summed E-state index contributed by atoms with van der Waals surface area (Å²) in [4.78, 5) is 60.4. The van der Waals surface area contributed by atoms with Gasteiger partial charge in [0.25, 0.3) is 5.91 Å². The number of hydrogen-bond acceptors (Lipinski definition) is 11. The molecule has 1 aromatic carbocycles. The standard InChI is InChI=1S/C16H17N3O4S.C11H13N3O5S/c1-8-7-24-15-11(14(21)19(15)12(8)16(22)23)18-13(20)10(17)9-5-3-2-4-6-9;1-11(5-14-3-2-12-13-14)9(10(16)17)8-6(15)4-7(8)20(11,18)19/h2-6,10-11,15H,7,17H2,1H3,(H,18,20)(H,22,23);2-3,7-9H,4-5H2,1H3,(H,16,17)/t10?,11-,15-;7?,8?,9-,11-/m10/s1. The molecule has 234 valence electrons. The number of Topliss-reactive ketones (excluding diaryl/α,β-unsaturated/α-hetero) is 1. The number of sulfone groups is 1. The van der Waals surface area contributed by atoms with Crippen molar-refractivity contribution in [2.24, 2.45) is 17.6 Å². The maximum Gasteiger partial charge on any atom is 0.352 e. The predicted molar refractivity (Wildman–Crippen MR) is 154 cm³/mol. The van der Waals surface area contributed by atoms with Crippen molar-refractivity contribution in [3.05, 3.63) is 59.6 Å². The zero-order chi connectivity index (χ0) is 32.1. The molecular formula is C27H30N6O9S2. The molecule has 0 bridgehead atoms. The van der Waals surface area contributed by atoms with Gasteiger partial charge in [-0.2, -0.15) is 0 Å². The highest BCUT2D eigenvalue weighted by molar-refractivity contribution is 8.00. The number of carboxylic acid groups (broad SMARTS) is 2. The number of benzene rings is 1. The summed E-state index contributed by atoms with van der Waals surface area (Å²) in [6, 6.07) is 7.23. The van der Waals surface area contributed by atoms with Crippen LogP contribution in [0.3, 0.4) is 0 Å².